The molecule has 1 aliphatic heterocycles. The molecule has 0 bridgehead atoms. The molecule has 7 nitrogen and oxygen atoms in total. The minimum atomic E-state index is -0.929. The van der Waals surface area contributed by atoms with Gasteiger partial charge in [0.2, 0.25) is 0 Å². The van der Waals surface area contributed by atoms with Gasteiger partial charge >= 0.3 is 12.0 Å². The van der Waals surface area contributed by atoms with Crippen LogP contribution in [0.4, 0.5) is 4.79 Å². The quantitative estimate of drug-likeness (QED) is 0.853. The first-order chi connectivity index (χ1) is 9.59. The number of likely N-dealkylation sites (tertiary alicyclic amines) is 1. The predicted molar refractivity (Wildman–Crippen MR) is 72.2 cm³/mol. The van der Waals surface area contributed by atoms with Gasteiger partial charge in [-0.2, -0.15) is 0 Å². The van der Waals surface area contributed by atoms with Crippen molar-refractivity contribution in [1.82, 2.24) is 19.8 Å². The molecule has 2 unspecified atom stereocenters. The third-order valence-electron chi connectivity index (χ3n) is 3.65. The summed E-state index contributed by atoms with van der Waals surface area (Å²) in [5, 5.41) is 12.0. The highest BCUT2D eigenvalue weighted by molar-refractivity contribution is 5.83. The second-order valence-corrected chi connectivity index (χ2v) is 5.13. The summed E-state index contributed by atoms with van der Waals surface area (Å²) in [5.74, 6) is -0.942. The summed E-state index contributed by atoms with van der Waals surface area (Å²) in [6.07, 6.45) is 6.86. The first kappa shape index (κ1) is 14.4. The fourth-order valence-corrected chi connectivity index (χ4v) is 2.60. The molecule has 2 amide bonds. The predicted octanol–water partition coefficient (Wildman–Crippen LogP) is 0.778. The van der Waals surface area contributed by atoms with Crippen LogP contribution in [0.2, 0.25) is 0 Å². The molecule has 0 aliphatic carbocycles. The molecule has 7 heteroatoms. The van der Waals surface area contributed by atoms with Crippen LogP contribution in [0.5, 0.6) is 0 Å². The van der Waals surface area contributed by atoms with Crippen molar-refractivity contribution in [2.75, 3.05) is 13.1 Å². The summed E-state index contributed by atoms with van der Waals surface area (Å²) in [6.45, 7) is 3.45. The standard InChI is InChI=1S/C13H20N4O3/c1-10-3-2-6-17(11(10)12(18)19)13(20)15-5-8-16-7-4-14-9-16/h4,7,9-11H,2-3,5-6,8H2,1H3,(H,15,20)(H,18,19). The first-order valence-corrected chi connectivity index (χ1v) is 6.82. The maximum Gasteiger partial charge on any atom is 0.326 e. The van der Waals surface area contributed by atoms with Crippen LogP contribution in [0.1, 0.15) is 19.8 Å². The Hall–Kier alpha value is -2.05. The molecule has 1 saturated heterocycles. The number of piperidine rings is 1. The largest absolute Gasteiger partial charge is 0.480 e. The van der Waals surface area contributed by atoms with Gasteiger partial charge in [0, 0.05) is 32.0 Å². The fourth-order valence-electron chi connectivity index (χ4n) is 2.60. The van der Waals surface area contributed by atoms with Crippen molar-refractivity contribution in [3.05, 3.63) is 18.7 Å². The van der Waals surface area contributed by atoms with Gasteiger partial charge in [0.25, 0.3) is 0 Å². The molecular formula is C13H20N4O3. The molecule has 0 radical (unpaired) electrons. The zero-order chi connectivity index (χ0) is 14.5. The fraction of sp³-hybridized carbons (Fsp3) is 0.615. The number of carboxylic acid groups (broad SMARTS) is 1. The highest BCUT2D eigenvalue weighted by Gasteiger charge is 2.36. The molecule has 1 aliphatic rings. The Morgan fingerprint density at radius 1 is 1.50 bits per heavy atom. The number of imidazole rings is 1. The second-order valence-electron chi connectivity index (χ2n) is 5.13. The molecule has 0 saturated carbocycles. The number of rotatable bonds is 4. The van der Waals surface area contributed by atoms with Crippen LogP contribution in [0.15, 0.2) is 18.7 Å². The van der Waals surface area contributed by atoms with Crippen molar-refractivity contribution in [1.29, 1.82) is 0 Å². The van der Waals surface area contributed by atoms with Gasteiger partial charge in [0.05, 0.1) is 6.33 Å². The minimum Gasteiger partial charge on any atom is -0.480 e. The SMILES string of the molecule is CC1CCCN(C(=O)NCCn2ccnc2)C1C(=O)O. The molecule has 2 N–H and O–H groups in total. The zero-order valence-corrected chi connectivity index (χ0v) is 11.5. The number of nitrogens with zero attached hydrogens (tertiary/aromatic N) is 3. The van der Waals surface area contributed by atoms with E-state index in [1.807, 2.05) is 17.7 Å². The molecular weight excluding hydrogens is 260 g/mol. The first-order valence-electron chi connectivity index (χ1n) is 6.82. The zero-order valence-electron chi connectivity index (χ0n) is 11.5. The number of carbonyl (C=O) groups is 2. The summed E-state index contributed by atoms with van der Waals surface area (Å²) < 4.78 is 1.85. The van der Waals surface area contributed by atoms with Crippen LogP contribution < -0.4 is 5.32 Å². The topological polar surface area (TPSA) is 87.5 Å². The van der Waals surface area contributed by atoms with Crippen molar-refractivity contribution < 1.29 is 14.7 Å². The second kappa shape index (κ2) is 6.40. The van der Waals surface area contributed by atoms with Crippen molar-refractivity contribution in [3.63, 3.8) is 0 Å². The number of amides is 2. The number of carbonyl (C=O) groups excluding carboxylic acids is 1. The molecule has 1 aromatic rings. The van der Waals surface area contributed by atoms with E-state index < -0.39 is 12.0 Å². The van der Waals surface area contributed by atoms with Crippen LogP contribution in [0.25, 0.3) is 0 Å². The lowest BCUT2D eigenvalue weighted by molar-refractivity contribution is -0.145. The molecule has 1 aromatic heterocycles. The number of hydrogen-bond acceptors (Lipinski definition) is 3. The van der Waals surface area contributed by atoms with Crippen LogP contribution in [0.3, 0.4) is 0 Å². The summed E-state index contributed by atoms with van der Waals surface area (Å²) >= 11 is 0. The maximum absolute atomic E-state index is 12.1. The van der Waals surface area contributed by atoms with Crippen molar-refractivity contribution in [2.45, 2.75) is 32.4 Å². The van der Waals surface area contributed by atoms with E-state index in [0.717, 1.165) is 12.8 Å². The third kappa shape index (κ3) is 3.28. The third-order valence-corrected chi connectivity index (χ3v) is 3.65. The van der Waals surface area contributed by atoms with Gasteiger partial charge < -0.3 is 19.9 Å². The number of nitrogens with one attached hydrogen (secondary N) is 1. The average molecular weight is 280 g/mol. The maximum atomic E-state index is 12.1. The summed E-state index contributed by atoms with van der Waals surface area (Å²) in [7, 11) is 0. The highest BCUT2D eigenvalue weighted by atomic mass is 16.4. The van der Waals surface area contributed by atoms with Crippen LogP contribution >= 0.6 is 0 Å². The lowest BCUT2D eigenvalue weighted by Gasteiger charge is -2.37. The van der Waals surface area contributed by atoms with Gasteiger partial charge in [-0.15, -0.1) is 0 Å². The normalized spacial score (nSPS) is 22.6. The van der Waals surface area contributed by atoms with Crippen LogP contribution in [-0.2, 0) is 11.3 Å². The molecule has 2 atom stereocenters. The summed E-state index contributed by atoms with van der Waals surface area (Å²) in [4.78, 5) is 28.8. The Kier molecular flexibility index (Phi) is 4.60. The Balaban J connectivity index is 1.88. The molecule has 1 fully saturated rings. The van der Waals surface area contributed by atoms with E-state index >= 15 is 0 Å². The highest BCUT2D eigenvalue weighted by Crippen LogP contribution is 2.23. The van der Waals surface area contributed by atoms with E-state index in [4.69, 9.17) is 0 Å². The number of aromatic nitrogens is 2. The van der Waals surface area contributed by atoms with E-state index in [9.17, 15) is 14.7 Å². The van der Waals surface area contributed by atoms with Gasteiger partial charge in [-0.05, 0) is 18.8 Å². The summed E-state index contributed by atoms with van der Waals surface area (Å²) in [6, 6.07) is -1.03. The molecule has 2 rings (SSSR count). The van der Waals surface area contributed by atoms with Gasteiger partial charge in [0.1, 0.15) is 6.04 Å². The molecule has 2 heterocycles. The molecule has 110 valence electrons. The van der Waals surface area contributed by atoms with Gasteiger partial charge in [0.15, 0.2) is 0 Å². The number of carboxylic acids is 1. The van der Waals surface area contributed by atoms with Crippen LogP contribution in [0, 0.1) is 5.92 Å². The van der Waals surface area contributed by atoms with E-state index in [1.165, 1.54) is 4.90 Å². The minimum absolute atomic E-state index is 0.0133. The number of aliphatic carboxylic acids is 1. The Morgan fingerprint density at radius 2 is 2.30 bits per heavy atom. The Labute approximate surface area is 117 Å². The van der Waals surface area contributed by atoms with Gasteiger partial charge in [-0.3, -0.25) is 0 Å². The van der Waals surface area contributed by atoms with E-state index in [0.29, 0.717) is 19.6 Å². The van der Waals surface area contributed by atoms with Gasteiger partial charge in [-0.1, -0.05) is 6.92 Å². The van der Waals surface area contributed by atoms with E-state index in [-0.39, 0.29) is 11.9 Å². The number of hydrogen-bond donors (Lipinski definition) is 2. The van der Waals surface area contributed by atoms with Crippen LogP contribution in [-0.4, -0.2) is 50.7 Å². The van der Waals surface area contributed by atoms with Crippen molar-refractivity contribution in [3.8, 4) is 0 Å². The Bertz CT molecular complexity index is 460. The number of urea groups is 1. The van der Waals surface area contributed by atoms with Crippen molar-refractivity contribution >= 4 is 12.0 Å². The molecule has 20 heavy (non-hydrogen) atoms. The van der Waals surface area contributed by atoms with E-state index in [1.54, 1.807) is 12.5 Å². The lowest BCUT2D eigenvalue weighted by atomic mass is 9.91. The van der Waals surface area contributed by atoms with E-state index in [2.05, 4.69) is 10.3 Å². The monoisotopic (exact) mass is 280 g/mol. The van der Waals surface area contributed by atoms with Crippen molar-refractivity contribution in [2.24, 2.45) is 5.92 Å². The summed E-state index contributed by atoms with van der Waals surface area (Å²) in [5.41, 5.74) is 0. The average Bonchev–Trinajstić information content (AvgIpc) is 2.91. The Morgan fingerprint density at radius 3 is 2.95 bits per heavy atom. The smallest absolute Gasteiger partial charge is 0.326 e. The lowest BCUT2D eigenvalue weighted by Crippen LogP contribution is -2.55. The molecule has 0 aromatic carbocycles. The van der Waals surface area contributed by atoms with Gasteiger partial charge in [-0.25, -0.2) is 14.6 Å². The molecule has 0 spiro atoms.